The molecule has 0 aromatic carbocycles. The van der Waals surface area contributed by atoms with E-state index in [1.165, 1.54) is 11.8 Å². The van der Waals surface area contributed by atoms with Gasteiger partial charge in [0.05, 0.1) is 5.75 Å². The minimum atomic E-state index is -0.307. The second-order valence-electron chi connectivity index (χ2n) is 1.94. The van der Waals surface area contributed by atoms with Gasteiger partial charge in [0.1, 0.15) is 0 Å². The van der Waals surface area contributed by atoms with Crippen molar-refractivity contribution in [1.82, 2.24) is 4.98 Å². The Morgan fingerprint density at radius 2 is 2.55 bits per heavy atom. The standard InChI is InChI=1S/C7H8N2OS/c8-7(10)5-11-6-2-1-3-9-4-6/h1-4H,5H2,(H2,8,10). The number of hydrogen-bond donors (Lipinski definition) is 1. The molecule has 0 saturated heterocycles. The van der Waals surface area contributed by atoms with Crippen molar-refractivity contribution >= 4 is 17.7 Å². The predicted molar refractivity (Wildman–Crippen MR) is 44.2 cm³/mol. The lowest BCUT2D eigenvalue weighted by atomic mass is 10.5. The van der Waals surface area contributed by atoms with Crippen LogP contribution >= 0.6 is 11.8 Å². The Morgan fingerprint density at radius 1 is 1.73 bits per heavy atom. The van der Waals surface area contributed by atoms with Crippen molar-refractivity contribution < 1.29 is 4.79 Å². The average Bonchev–Trinajstić information content (AvgIpc) is 2.03. The molecule has 1 amide bonds. The van der Waals surface area contributed by atoms with Crippen molar-refractivity contribution in [2.75, 3.05) is 5.75 Å². The van der Waals surface area contributed by atoms with Gasteiger partial charge < -0.3 is 5.73 Å². The summed E-state index contributed by atoms with van der Waals surface area (Å²) in [5, 5.41) is 0. The minimum Gasteiger partial charge on any atom is -0.369 e. The zero-order chi connectivity index (χ0) is 8.10. The third-order valence-corrected chi connectivity index (χ3v) is 2.02. The molecule has 4 heteroatoms. The smallest absolute Gasteiger partial charge is 0.227 e. The molecule has 3 nitrogen and oxygen atoms in total. The molecule has 0 aliphatic rings. The molecule has 0 saturated carbocycles. The third-order valence-electron chi connectivity index (χ3n) is 1.02. The molecule has 58 valence electrons. The normalized spacial score (nSPS) is 9.45. The summed E-state index contributed by atoms with van der Waals surface area (Å²) in [5.41, 5.74) is 4.96. The van der Waals surface area contributed by atoms with Gasteiger partial charge in [0, 0.05) is 17.3 Å². The van der Waals surface area contributed by atoms with Crippen LogP contribution in [-0.2, 0) is 4.79 Å². The summed E-state index contributed by atoms with van der Waals surface area (Å²) in [6, 6.07) is 3.71. The van der Waals surface area contributed by atoms with E-state index in [4.69, 9.17) is 5.73 Å². The van der Waals surface area contributed by atoms with Crippen LogP contribution in [0.2, 0.25) is 0 Å². The molecule has 0 aliphatic carbocycles. The number of aromatic nitrogens is 1. The van der Waals surface area contributed by atoms with Crippen molar-refractivity contribution in [1.29, 1.82) is 0 Å². The maximum Gasteiger partial charge on any atom is 0.227 e. The van der Waals surface area contributed by atoms with Crippen LogP contribution in [0.25, 0.3) is 0 Å². The fourth-order valence-electron chi connectivity index (χ4n) is 0.587. The van der Waals surface area contributed by atoms with Gasteiger partial charge in [-0.2, -0.15) is 0 Å². The van der Waals surface area contributed by atoms with Crippen LogP contribution < -0.4 is 5.73 Å². The van der Waals surface area contributed by atoms with Crippen LogP contribution in [0, 0.1) is 0 Å². The van der Waals surface area contributed by atoms with E-state index in [0.717, 1.165) is 4.90 Å². The SMILES string of the molecule is NC(=O)CSc1cccnc1. The number of pyridine rings is 1. The second kappa shape index (κ2) is 3.98. The molecule has 0 fully saturated rings. The summed E-state index contributed by atoms with van der Waals surface area (Å²) in [6.45, 7) is 0. The van der Waals surface area contributed by atoms with E-state index in [2.05, 4.69) is 4.98 Å². The maximum absolute atomic E-state index is 10.4. The molecule has 1 rings (SSSR count). The van der Waals surface area contributed by atoms with Gasteiger partial charge in [-0.1, -0.05) is 0 Å². The molecule has 11 heavy (non-hydrogen) atoms. The lowest BCUT2D eigenvalue weighted by molar-refractivity contribution is -0.115. The minimum absolute atomic E-state index is 0.307. The number of carbonyl (C=O) groups excluding carboxylic acids is 1. The lowest BCUT2D eigenvalue weighted by Crippen LogP contribution is -2.12. The highest BCUT2D eigenvalue weighted by Gasteiger charge is 1.95. The monoisotopic (exact) mass is 168 g/mol. The summed E-state index contributed by atoms with van der Waals surface area (Å²) in [7, 11) is 0. The van der Waals surface area contributed by atoms with E-state index in [9.17, 15) is 4.79 Å². The van der Waals surface area contributed by atoms with Crippen molar-refractivity contribution in [2.45, 2.75) is 4.90 Å². The Hall–Kier alpha value is -1.03. The van der Waals surface area contributed by atoms with Crippen molar-refractivity contribution in [3.05, 3.63) is 24.5 Å². The van der Waals surface area contributed by atoms with Gasteiger partial charge in [-0.3, -0.25) is 9.78 Å². The highest BCUT2D eigenvalue weighted by atomic mass is 32.2. The van der Waals surface area contributed by atoms with E-state index in [1.54, 1.807) is 12.4 Å². The number of primary amides is 1. The maximum atomic E-state index is 10.4. The van der Waals surface area contributed by atoms with Crippen molar-refractivity contribution in [3.8, 4) is 0 Å². The third kappa shape index (κ3) is 3.04. The summed E-state index contributed by atoms with van der Waals surface area (Å²) >= 11 is 1.39. The van der Waals surface area contributed by atoms with Gasteiger partial charge in [0.15, 0.2) is 0 Å². The fraction of sp³-hybridized carbons (Fsp3) is 0.143. The van der Waals surface area contributed by atoms with Gasteiger partial charge in [0.25, 0.3) is 0 Å². The highest BCUT2D eigenvalue weighted by Crippen LogP contribution is 2.14. The molecular weight excluding hydrogens is 160 g/mol. The summed E-state index contributed by atoms with van der Waals surface area (Å²) < 4.78 is 0. The van der Waals surface area contributed by atoms with E-state index < -0.39 is 0 Å². The first kappa shape index (κ1) is 8.07. The van der Waals surface area contributed by atoms with Crippen molar-refractivity contribution in [2.24, 2.45) is 5.73 Å². The van der Waals surface area contributed by atoms with Gasteiger partial charge in [-0.15, -0.1) is 11.8 Å². The molecule has 0 bridgehead atoms. The van der Waals surface area contributed by atoms with E-state index in [0.29, 0.717) is 5.75 Å². The van der Waals surface area contributed by atoms with Crippen LogP contribution in [0.1, 0.15) is 0 Å². The fourth-order valence-corrected chi connectivity index (χ4v) is 1.21. The molecule has 1 heterocycles. The van der Waals surface area contributed by atoms with E-state index in [1.807, 2.05) is 12.1 Å². The number of thioether (sulfide) groups is 1. The molecule has 0 aliphatic heterocycles. The quantitative estimate of drug-likeness (QED) is 0.674. The Balaban J connectivity index is 2.45. The molecule has 1 aromatic rings. The number of nitrogens with zero attached hydrogens (tertiary/aromatic N) is 1. The number of carbonyl (C=O) groups is 1. The Bertz CT molecular complexity index is 237. The topological polar surface area (TPSA) is 56.0 Å². The molecule has 2 N–H and O–H groups in total. The Kier molecular flexibility index (Phi) is 2.92. The van der Waals surface area contributed by atoms with Gasteiger partial charge >= 0.3 is 0 Å². The first-order chi connectivity index (χ1) is 5.29. The largest absolute Gasteiger partial charge is 0.369 e. The summed E-state index contributed by atoms with van der Waals surface area (Å²) in [4.78, 5) is 15.2. The van der Waals surface area contributed by atoms with Crippen LogP contribution in [0.3, 0.4) is 0 Å². The number of nitrogens with two attached hydrogens (primary N) is 1. The van der Waals surface area contributed by atoms with Gasteiger partial charge in [-0.25, -0.2) is 0 Å². The average molecular weight is 168 g/mol. The zero-order valence-corrected chi connectivity index (χ0v) is 6.67. The van der Waals surface area contributed by atoms with Gasteiger partial charge in [-0.05, 0) is 12.1 Å². The second-order valence-corrected chi connectivity index (χ2v) is 2.99. The van der Waals surface area contributed by atoms with Crippen LogP contribution in [-0.4, -0.2) is 16.6 Å². The first-order valence-corrected chi connectivity index (χ1v) is 4.09. The van der Waals surface area contributed by atoms with E-state index in [-0.39, 0.29) is 5.91 Å². The summed E-state index contributed by atoms with van der Waals surface area (Å²) in [6.07, 6.45) is 3.39. The molecule has 0 spiro atoms. The van der Waals surface area contributed by atoms with E-state index >= 15 is 0 Å². The Labute approximate surface area is 69.0 Å². The zero-order valence-electron chi connectivity index (χ0n) is 5.86. The van der Waals surface area contributed by atoms with Crippen LogP contribution in [0.15, 0.2) is 29.4 Å². The van der Waals surface area contributed by atoms with Crippen LogP contribution in [0.4, 0.5) is 0 Å². The molecule has 0 atom stereocenters. The molecule has 0 unspecified atom stereocenters. The predicted octanol–water partition coefficient (Wildman–Crippen LogP) is 0.659. The van der Waals surface area contributed by atoms with Crippen LogP contribution in [0.5, 0.6) is 0 Å². The summed E-state index contributed by atoms with van der Waals surface area (Å²) in [5.74, 6) is 0.00459. The molecule has 0 radical (unpaired) electrons. The number of amides is 1. The van der Waals surface area contributed by atoms with Gasteiger partial charge in [0.2, 0.25) is 5.91 Å². The highest BCUT2D eigenvalue weighted by molar-refractivity contribution is 8.00. The first-order valence-electron chi connectivity index (χ1n) is 3.10. The molecule has 1 aromatic heterocycles. The lowest BCUT2D eigenvalue weighted by Gasteiger charge is -1.95. The Morgan fingerprint density at radius 3 is 3.09 bits per heavy atom. The molecular formula is C7H8N2OS. The number of rotatable bonds is 3. The van der Waals surface area contributed by atoms with Crippen molar-refractivity contribution in [3.63, 3.8) is 0 Å². The number of hydrogen-bond acceptors (Lipinski definition) is 3.